The molecule has 0 bridgehead atoms. The van der Waals surface area contributed by atoms with E-state index < -0.39 is 0 Å². The molecular weight excluding hydrogens is 340 g/mol. The highest BCUT2D eigenvalue weighted by Gasteiger charge is 2.17. The van der Waals surface area contributed by atoms with Gasteiger partial charge in [0.2, 0.25) is 0 Å². The van der Waals surface area contributed by atoms with Crippen LogP contribution in [0.5, 0.6) is 0 Å². The Hall–Kier alpha value is -2.67. The summed E-state index contributed by atoms with van der Waals surface area (Å²) in [4.78, 5) is 25.3. The Morgan fingerprint density at radius 3 is 2.22 bits per heavy atom. The second-order valence-electron chi connectivity index (χ2n) is 7.95. The number of nitrogens with one attached hydrogen (secondary N) is 2. The van der Waals surface area contributed by atoms with Gasteiger partial charge in [-0.1, -0.05) is 0 Å². The van der Waals surface area contributed by atoms with Crippen molar-refractivity contribution >= 4 is 23.1 Å². The van der Waals surface area contributed by atoms with Crippen molar-refractivity contribution in [3.63, 3.8) is 0 Å². The molecule has 1 saturated heterocycles. The summed E-state index contributed by atoms with van der Waals surface area (Å²) in [6, 6.07) is 8.31. The lowest BCUT2D eigenvalue weighted by Crippen LogP contribution is -2.44. The third-order valence-corrected chi connectivity index (χ3v) is 4.38. The Bertz CT molecular complexity index is 759. The normalized spacial score (nSPS) is 15.5. The van der Waals surface area contributed by atoms with E-state index in [-0.39, 0.29) is 11.4 Å². The third kappa shape index (κ3) is 5.40. The molecule has 3 rings (SSSR count). The van der Waals surface area contributed by atoms with Gasteiger partial charge >= 0.3 is 0 Å². The zero-order chi connectivity index (χ0) is 19.4. The molecule has 1 fully saturated rings. The highest BCUT2D eigenvalue weighted by Crippen LogP contribution is 2.21. The molecule has 1 amide bonds. The smallest absolute Gasteiger partial charge is 0.271 e. The van der Waals surface area contributed by atoms with Crippen molar-refractivity contribution in [2.75, 3.05) is 43.4 Å². The van der Waals surface area contributed by atoms with Crippen molar-refractivity contribution in [3.8, 4) is 0 Å². The second-order valence-corrected chi connectivity index (χ2v) is 7.95. The number of piperazine rings is 1. The quantitative estimate of drug-likeness (QED) is 0.864. The van der Waals surface area contributed by atoms with Crippen molar-refractivity contribution in [2.24, 2.45) is 0 Å². The fourth-order valence-corrected chi connectivity index (χ4v) is 2.88. The lowest BCUT2D eigenvalue weighted by atomic mass is 10.1. The molecule has 1 aromatic heterocycles. The van der Waals surface area contributed by atoms with E-state index in [0.717, 1.165) is 31.9 Å². The fourth-order valence-electron chi connectivity index (χ4n) is 2.88. The minimum Gasteiger partial charge on any atom is -0.369 e. The van der Waals surface area contributed by atoms with Crippen LogP contribution in [0.15, 0.2) is 36.7 Å². The van der Waals surface area contributed by atoms with Crippen LogP contribution in [0.2, 0.25) is 0 Å². The van der Waals surface area contributed by atoms with Crippen LogP contribution < -0.4 is 15.5 Å². The predicted molar refractivity (Wildman–Crippen MR) is 109 cm³/mol. The first kappa shape index (κ1) is 19.1. The van der Waals surface area contributed by atoms with Crippen LogP contribution in [0.1, 0.15) is 31.3 Å². The number of carbonyl (C=O) groups is 1. The molecule has 2 N–H and O–H groups in total. The minimum atomic E-state index is -0.304. The van der Waals surface area contributed by atoms with Crippen LogP contribution in [0, 0.1) is 0 Å². The van der Waals surface area contributed by atoms with Crippen LogP contribution in [-0.2, 0) is 0 Å². The number of anilines is 3. The van der Waals surface area contributed by atoms with E-state index >= 15 is 0 Å². The van der Waals surface area contributed by atoms with Crippen molar-refractivity contribution in [2.45, 2.75) is 26.3 Å². The highest BCUT2D eigenvalue weighted by molar-refractivity contribution is 5.92. The standard InChI is InChI=1S/C20H28N6O/c1-20(2,3)24-19(27)17-13-22-18(14-21-17)23-15-5-7-16(8-6-15)26-11-9-25(4)10-12-26/h5-8,13-14H,9-12H2,1-4H3,(H,22,23)(H,24,27). The average molecular weight is 368 g/mol. The fraction of sp³-hybridized carbons (Fsp3) is 0.450. The Balaban J connectivity index is 1.59. The molecule has 27 heavy (non-hydrogen) atoms. The summed E-state index contributed by atoms with van der Waals surface area (Å²) in [6.07, 6.45) is 3.06. The molecule has 2 heterocycles. The molecular formula is C20H28N6O. The van der Waals surface area contributed by atoms with Gasteiger partial charge in [-0.25, -0.2) is 9.97 Å². The van der Waals surface area contributed by atoms with Gasteiger partial charge in [0.15, 0.2) is 0 Å². The second kappa shape index (κ2) is 7.92. The van der Waals surface area contributed by atoms with Crippen molar-refractivity contribution in [3.05, 3.63) is 42.4 Å². The molecule has 1 aromatic carbocycles. The number of benzene rings is 1. The first-order chi connectivity index (χ1) is 12.8. The van der Waals surface area contributed by atoms with E-state index in [2.05, 4.69) is 49.6 Å². The van der Waals surface area contributed by atoms with Crippen molar-refractivity contribution in [1.82, 2.24) is 20.2 Å². The SMILES string of the molecule is CN1CCN(c2ccc(Nc3cnc(C(=O)NC(C)(C)C)cn3)cc2)CC1. The third-order valence-electron chi connectivity index (χ3n) is 4.38. The monoisotopic (exact) mass is 368 g/mol. The molecule has 7 heteroatoms. The number of rotatable bonds is 4. The number of hydrogen-bond acceptors (Lipinski definition) is 6. The number of hydrogen-bond donors (Lipinski definition) is 2. The molecule has 0 unspecified atom stereocenters. The maximum Gasteiger partial charge on any atom is 0.271 e. The topological polar surface area (TPSA) is 73.4 Å². The molecule has 0 radical (unpaired) electrons. The zero-order valence-corrected chi connectivity index (χ0v) is 16.5. The largest absolute Gasteiger partial charge is 0.369 e. The van der Waals surface area contributed by atoms with E-state index in [0.29, 0.717) is 11.5 Å². The summed E-state index contributed by atoms with van der Waals surface area (Å²) >= 11 is 0. The molecule has 2 aromatic rings. The molecule has 1 aliphatic heterocycles. The van der Waals surface area contributed by atoms with Gasteiger partial charge in [-0.15, -0.1) is 0 Å². The number of likely N-dealkylation sites (N-methyl/N-ethyl adjacent to an activating group) is 1. The van der Waals surface area contributed by atoms with Gasteiger partial charge in [-0.05, 0) is 52.1 Å². The van der Waals surface area contributed by atoms with Crippen LogP contribution in [0.25, 0.3) is 0 Å². The summed E-state index contributed by atoms with van der Waals surface area (Å²) in [7, 11) is 2.16. The van der Waals surface area contributed by atoms with Crippen LogP contribution in [-0.4, -0.2) is 59.5 Å². The number of carbonyl (C=O) groups excluding carboxylic acids is 1. The molecule has 0 atom stereocenters. The van der Waals surface area contributed by atoms with Gasteiger partial charge < -0.3 is 20.4 Å². The Labute approximate surface area is 160 Å². The molecule has 7 nitrogen and oxygen atoms in total. The highest BCUT2D eigenvalue weighted by atomic mass is 16.2. The van der Waals surface area contributed by atoms with Crippen molar-refractivity contribution < 1.29 is 4.79 Å². The van der Waals surface area contributed by atoms with Gasteiger partial charge in [-0.3, -0.25) is 4.79 Å². The molecule has 0 spiro atoms. The van der Waals surface area contributed by atoms with Gasteiger partial charge in [0.1, 0.15) is 11.5 Å². The summed E-state index contributed by atoms with van der Waals surface area (Å²) in [5.41, 5.74) is 2.17. The summed E-state index contributed by atoms with van der Waals surface area (Å²) in [6.45, 7) is 10.1. The van der Waals surface area contributed by atoms with Gasteiger partial charge in [0.05, 0.1) is 12.4 Å². The van der Waals surface area contributed by atoms with Crippen LogP contribution in [0.4, 0.5) is 17.2 Å². The molecule has 144 valence electrons. The summed E-state index contributed by atoms with van der Waals surface area (Å²) in [5, 5.41) is 6.10. The molecule has 1 aliphatic rings. The minimum absolute atomic E-state index is 0.224. The van der Waals surface area contributed by atoms with Crippen LogP contribution >= 0.6 is 0 Å². The number of aromatic nitrogens is 2. The first-order valence-electron chi connectivity index (χ1n) is 9.25. The summed E-state index contributed by atoms with van der Waals surface area (Å²) < 4.78 is 0. The van der Waals surface area contributed by atoms with Gasteiger partial charge in [0, 0.05) is 43.1 Å². The van der Waals surface area contributed by atoms with E-state index in [4.69, 9.17) is 0 Å². The Morgan fingerprint density at radius 1 is 1.00 bits per heavy atom. The predicted octanol–water partition coefficient (Wildman–Crippen LogP) is 2.50. The number of nitrogens with zero attached hydrogens (tertiary/aromatic N) is 4. The Morgan fingerprint density at radius 2 is 1.67 bits per heavy atom. The lowest BCUT2D eigenvalue weighted by Gasteiger charge is -2.34. The van der Waals surface area contributed by atoms with E-state index in [1.54, 1.807) is 6.20 Å². The van der Waals surface area contributed by atoms with Crippen LogP contribution in [0.3, 0.4) is 0 Å². The number of amides is 1. The van der Waals surface area contributed by atoms with E-state index in [1.807, 2.05) is 32.9 Å². The Kier molecular flexibility index (Phi) is 5.60. The maximum atomic E-state index is 12.1. The maximum absolute atomic E-state index is 12.1. The lowest BCUT2D eigenvalue weighted by molar-refractivity contribution is 0.0914. The molecule has 0 saturated carbocycles. The van der Waals surface area contributed by atoms with Gasteiger partial charge in [-0.2, -0.15) is 0 Å². The van der Waals surface area contributed by atoms with E-state index in [1.165, 1.54) is 11.9 Å². The van der Waals surface area contributed by atoms with E-state index in [9.17, 15) is 4.79 Å². The summed E-state index contributed by atoms with van der Waals surface area (Å²) in [5.74, 6) is 0.382. The van der Waals surface area contributed by atoms with Gasteiger partial charge in [0.25, 0.3) is 5.91 Å². The zero-order valence-electron chi connectivity index (χ0n) is 16.5. The van der Waals surface area contributed by atoms with Crippen molar-refractivity contribution in [1.29, 1.82) is 0 Å². The molecule has 0 aliphatic carbocycles. The average Bonchev–Trinajstić information content (AvgIpc) is 2.62. The first-order valence-corrected chi connectivity index (χ1v) is 9.25.